The second-order valence-corrected chi connectivity index (χ2v) is 11.0. The summed E-state index contributed by atoms with van der Waals surface area (Å²) in [6.07, 6.45) is 2.48. The van der Waals surface area contributed by atoms with Crippen molar-refractivity contribution < 1.29 is 23.5 Å². The first-order valence-corrected chi connectivity index (χ1v) is 15.1. The predicted octanol–water partition coefficient (Wildman–Crippen LogP) is 7.28. The summed E-state index contributed by atoms with van der Waals surface area (Å²) in [5.74, 6) is 0.637. The van der Waals surface area contributed by atoms with Crippen LogP contribution in [0.4, 0.5) is 10.1 Å². The van der Waals surface area contributed by atoms with Gasteiger partial charge in [0.25, 0.3) is 11.8 Å². The average molecular weight is 597 g/mol. The summed E-state index contributed by atoms with van der Waals surface area (Å²) >= 11 is 1.38. The fourth-order valence-corrected chi connectivity index (χ4v) is 5.79. The van der Waals surface area contributed by atoms with Crippen LogP contribution in [0.15, 0.2) is 101 Å². The molecule has 2 amide bonds. The number of nitrogens with zero attached hydrogens (tertiary/aromatic N) is 1. The summed E-state index contributed by atoms with van der Waals surface area (Å²) in [7, 11) is 0. The fourth-order valence-electron chi connectivity index (χ4n) is 4.76. The van der Waals surface area contributed by atoms with E-state index in [4.69, 9.17) is 9.47 Å². The number of rotatable bonds is 11. The van der Waals surface area contributed by atoms with Gasteiger partial charge in [0.1, 0.15) is 5.82 Å². The van der Waals surface area contributed by atoms with Crippen molar-refractivity contribution in [3.63, 3.8) is 0 Å². The lowest BCUT2D eigenvalue weighted by Crippen LogP contribution is -2.34. The second kappa shape index (κ2) is 14.1. The van der Waals surface area contributed by atoms with Gasteiger partial charge in [-0.2, -0.15) is 0 Å². The lowest BCUT2D eigenvalue weighted by Gasteiger charge is -2.31. The molecule has 4 aromatic rings. The van der Waals surface area contributed by atoms with Gasteiger partial charge in [0, 0.05) is 17.0 Å². The Hall–Kier alpha value is -4.56. The molecule has 0 saturated carbocycles. The third-order valence-corrected chi connectivity index (χ3v) is 7.92. The van der Waals surface area contributed by atoms with Gasteiger partial charge in [-0.25, -0.2) is 4.39 Å². The standard InChI is InChI=1S/C35H33FN2O4S/c1-3-41-30-16-12-25(20-31(30)42-4-2)18-19-37-34(39)27-13-17-32-29(22-27)38(23-26-10-14-28(36)15-11-26)35(40)33(43-32)21-24-8-6-5-7-9-24/h5-17,20-22H,3-4,18-19,23H2,1-2H3,(H,37,39)/b33-21-. The van der Waals surface area contributed by atoms with Gasteiger partial charge in [-0.1, -0.05) is 60.3 Å². The van der Waals surface area contributed by atoms with E-state index in [1.165, 1.54) is 23.9 Å². The van der Waals surface area contributed by atoms with E-state index in [1.54, 1.807) is 29.2 Å². The largest absolute Gasteiger partial charge is 0.490 e. The fraction of sp³-hybridized carbons (Fsp3) is 0.200. The lowest BCUT2D eigenvalue weighted by molar-refractivity contribution is -0.114. The van der Waals surface area contributed by atoms with E-state index in [9.17, 15) is 14.0 Å². The van der Waals surface area contributed by atoms with Crippen molar-refractivity contribution in [3.05, 3.63) is 124 Å². The van der Waals surface area contributed by atoms with E-state index in [0.29, 0.717) is 53.8 Å². The molecule has 6 nitrogen and oxygen atoms in total. The van der Waals surface area contributed by atoms with Gasteiger partial charge in [0.05, 0.1) is 30.4 Å². The average Bonchev–Trinajstić information content (AvgIpc) is 3.02. The molecule has 1 N–H and O–H groups in total. The molecule has 0 spiro atoms. The van der Waals surface area contributed by atoms with E-state index in [-0.39, 0.29) is 24.2 Å². The lowest BCUT2D eigenvalue weighted by atomic mass is 10.1. The number of fused-ring (bicyclic) bond motifs is 1. The highest BCUT2D eigenvalue weighted by Gasteiger charge is 2.30. The Kier molecular flexibility index (Phi) is 9.79. The molecular formula is C35H33FN2O4S. The molecule has 43 heavy (non-hydrogen) atoms. The molecule has 0 atom stereocenters. The maximum atomic E-state index is 13.8. The van der Waals surface area contributed by atoms with Crippen LogP contribution in [0, 0.1) is 5.82 Å². The quantitative estimate of drug-likeness (QED) is 0.184. The van der Waals surface area contributed by atoms with Crippen molar-refractivity contribution >= 4 is 35.3 Å². The number of anilines is 1. The number of thioether (sulfide) groups is 1. The smallest absolute Gasteiger partial charge is 0.265 e. The van der Waals surface area contributed by atoms with E-state index in [2.05, 4.69) is 5.32 Å². The molecule has 4 aromatic carbocycles. The molecule has 1 heterocycles. The van der Waals surface area contributed by atoms with Gasteiger partial charge in [-0.3, -0.25) is 9.59 Å². The molecule has 8 heteroatoms. The van der Waals surface area contributed by atoms with E-state index >= 15 is 0 Å². The number of halogens is 1. The van der Waals surface area contributed by atoms with Crippen LogP contribution in [0.2, 0.25) is 0 Å². The van der Waals surface area contributed by atoms with Crippen molar-refractivity contribution in [1.29, 1.82) is 0 Å². The summed E-state index contributed by atoms with van der Waals surface area (Å²) < 4.78 is 25.0. The maximum absolute atomic E-state index is 13.8. The number of amides is 2. The second-order valence-electron chi connectivity index (χ2n) is 9.87. The van der Waals surface area contributed by atoms with Crippen molar-refractivity contribution in [2.24, 2.45) is 0 Å². The first-order valence-electron chi connectivity index (χ1n) is 14.3. The van der Waals surface area contributed by atoms with Gasteiger partial charge in [-0.15, -0.1) is 0 Å². The van der Waals surface area contributed by atoms with Crippen molar-refractivity contribution in [2.45, 2.75) is 31.7 Å². The number of carbonyl (C=O) groups excluding carboxylic acids is 2. The molecule has 220 valence electrons. The molecular weight excluding hydrogens is 563 g/mol. The van der Waals surface area contributed by atoms with Crippen LogP contribution < -0.4 is 19.7 Å². The van der Waals surface area contributed by atoms with Gasteiger partial charge in [-0.05, 0) is 85.5 Å². The minimum Gasteiger partial charge on any atom is -0.490 e. The van der Waals surface area contributed by atoms with Crippen molar-refractivity contribution in [3.8, 4) is 11.5 Å². The number of hydrogen-bond donors (Lipinski definition) is 1. The van der Waals surface area contributed by atoms with Crippen molar-refractivity contribution in [1.82, 2.24) is 5.32 Å². The zero-order chi connectivity index (χ0) is 30.2. The molecule has 0 saturated heterocycles. The molecule has 0 fully saturated rings. The topological polar surface area (TPSA) is 67.9 Å². The Morgan fingerprint density at radius 2 is 1.60 bits per heavy atom. The zero-order valence-electron chi connectivity index (χ0n) is 24.1. The highest BCUT2D eigenvalue weighted by Crippen LogP contribution is 2.43. The summed E-state index contributed by atoms with van der Waals surface area (Å²) in [5, 5.41) is 2.99. The van der Waals surface area contributed by atoms with Crippen LogP contribution in [0.3, 0.4) is 0 Å². The first-order chi connectivity index (χ1) is 20.9. The predicted molar refractivity (Wildman–Crippen MR) is 169 cm³/mol. The minimum absolute atomic E-state index is 0.177. The van der Waals surface area contributed by atoms with Gasteiger partial charge in [0.15, 0.2) is 11.5 Å². The highest BCUT2D eigenvalue weighted by atomic mass is 32.2. The van der Waals surface area contributed by atoms with Gasteiger partial charge >= 0.3 is 0 Å². The zero-order valence-corrected chi connectivity index (χ0v) is 25.0. The van der Waals surface area contributed by atoms with Gasteiger partial charge in [0.2, 0.25) is 0 Å². The normalized spacial score (nSPS) is 13.5. The van der Waals surface area contributed by atoms with Crippen LogP contribution in [-0.2, 0) is 17.8 Å². The number of carbonyl (C=O) groups is 2. The maximum Gasteiger partial charge on any atom is 0.265 e. The van der Waals surface area contributed by atoms with Crippen LogP contribution in [-0.4, -0.2) is 31.6 Å². The summed E-state index contributed by atoms with van der Waals surface area (Å²) in [4.78, 5) is 30.0. The Morgan fingerprint density at radius 3 is 2.35 bits per heavy atom. The Morgan fingerprint density at radius 1 is 0.884 bits per heavy atom. The van der Waals surface area contributed by atoms with Crippen LogP contribution >= 0.6 is 11.8 Å². The molecule has 5 rings (SSSR count). The Bertz CT molecular complexity index is 1620. The number of nitrogens with one attached hydrogen (secondary N) is 1. The molecule has 1 aliphatic rings. The third-order valence-electron chi connectivity index (χ3n) is 6.85. The number of hydrogen-bond acceptors (Lipinski definition) is 5. The Labute approximate surface area is 255 Å². The molecule has 0 aromatic heterocycles. The van der Waals surface area contributed by atoms with Crippen LogP contribution in [0.25, 0.3) is 6.08 Å². The van der Waals surface area contributed by atoms with Crippen LogP contribution in [0.1, 0.15) is 40.9 Å². The van der Waals surface area contributed by atoms with E-state index < -0.39 is 0 Å². The summed E-state index contributed by atoms with van der Waals surface area (Å²) in [5.41, 5.74) is 3.81. The van der Waals surface area contributed by atoms with E-state index in [1.807, 2.05) is 74.5 Å². The molecule has 0 unspecified atom stereocenters. The molecule has 0 aliphatic carbocycles. The SMILES string of the molecule is CCOc1ccc(CCNC(=O)c2ccc3c(c2)N(Cc2ccc(F)cc2)C(=O)/C(=C/c2ccccc2)S3)cc1OCC. The summed E-state index contributed by atoms with van der Waals surface area (Å²) in [6.45, 7) is 5.59. The third kappa shape index (κ3) is 7.45. The molecule has 0 radical (unpaired) electrons. The van der Waals surface area contributed by atoms with Crippen LogP contribution in [0.5, 0.6) is 11.5 Å². The first kappa shape index (κ1) is 29.9. The monoisotopic (exact) mass is 596 g/mol. The van der Waals surface area contributed by atoms with E-state index in [0.717, 1.165) is 21.6 Å². The van der Waals surface area contributed by atoms with Crippen molar-refractivity contribution in [2.75, 3.05) is 24.7 Å². The highest BCUT2D eigenvalue weighted by molar-refractivity contribution is 8.04. The van der Waals surface area contributed by atoms with Gasteiger partial charge < -0.3 is 19.7 Å². The molecule has 0 bridgehead atoms. The summed E-state index contributed by atoms with van der Waals surface area (Å²) in [6, 6.07) is 27.0. The molecule has 1 aliphatic heterocycles. The Balaban J connectivity index is 1.35. The number of benzene rings is 4. The minimum atomic E-state index is -0.340. The number of ether oxygens (including phenoxy) is 2.